The zero-order valence-corrected chi connectivity index (χ0v) is 16.5. The van der Waals surface area contributed by atoms with Gasteiger partial charge in [0.15, 0.2) is 0 Å². The number of carbonyl (C=O) groups is 2. The second-order valence-corrected chi connectivity index (χ2v) is 7.41. The van der Waals surface area contributed by atoms with Crippen molar-refractivity contribution in [3.05, 3.63) is 42.0 Å². The lowest BCUT2D eigenvalue weighted by atomic mass is 9.72. The quantitative estimate of drug-likeness (QED) is 0.526. The number of rotatable bonds is 7. The molecule has 1 aliphatic rings. The Morgan fingerprint density at radius 3 is 2.14 bits per heavy atom. The van der Waals surface area contributed by atoms with Crippen molar-refractivity contribution in [2.45, 2.75) is 50.0 Å². The van der Waals surface area contributed by atoms with Crippen molar-refractivity contribution in [1.29, 1.82) is 0 Å². The van der Waals surface area contributed by atoms with Crippen molar-refractivity contribution in [1.82, 2.24) is 4.90 Å². The summed E-state index contributed by atoms with van der Waals surface area (Å²) in [5.41, 5.74) is 0.523. The van der Waals surface area contributed by atoms with Gasteiger partial charge in [0.2, 0.25) is 0 Å². The minimum Gasteiger partial charge on any atom is -0.508 e. The smallest absolute Gasteiger partial charge is 0.327 e. The first-order valence-corrected chi connectivity index (χ1v) is 9.41. The second kappa shape index (κ2) is 11.5. The van der Waals surface area contributed by atoms with Crippen LogP contribution in [0.1, 0.15) is 50.0 Å². The van der Waals surface area contributed by atoms with E-state index >= 15 is 0 Å². The van der Waals surface area contributed by atoms with E-state index in [4.69, 9.17) is 10.2 Å². The van der Waals surface area contributed by atoms with Crippen LogP contribution in [0.25, 0.3) is 0 Å². The van der Waals surface area contributed by atoms with Crippen molar-refractivity contribution < 1.29 is 30.0 Å². The van der Waals surface area contributed by atoms with Crippen LogP contribution in [0.4, 0.5) is 0 Å². The molecule has 1 unspecified atom stereocenters. The summed E-state index contributed by atoms with van der Waals surface area (Å²) in [4.78, 5) is 21.6. The van der Waals surface area contributed by atoms with Crippen molar-refractivity contribution in [3.8, 4) is 5.75 Å². The van der Waals surface area contributed by atoms with E-state index in [0.717, 1.165) is 49.9 Å². The predicted octanol–water partition coefficient (Wildman–Crippen LogP) is 2.83. The van der Waals surface area contributed by atoms with Crippen LogP contribution in [0.15, 0.2) is 36.4 Å². The van der Waals surface area contributed by atoms with Crippen LogP contribution >= 0.6 is 0 Å². The predicted molar refractivity (Wildman–Crippen MR) is 106 cm³/mol. The molecule has 0 saturated heterocycles. The number of carboxylic acids is 2. The molecular weight excluding hydrogens is 362 g/mol. The normalized spacial score (nSPS) is 17.0. The van der Waals surface area contributed by atoms with E-state index in [1.165, 1.54) is 6.42 Å². The van der Waals surface area contributed by atoms with Crippen molar-refractivity contribution >= 4 is 11.9 Å². The topological polar surface area (TPSA) is 118 Å². The highest BCUT2D eigenvalue weighted by Gasteiger charge is 2.38. The van der Waals surface area contributed by atoms with Gasteiger partial charge in [-0.25, -0.2) is 4.79 Å². The van der Waals surface area contributed by atoms with E-state index in [-0.39, 0.29) is 18.1 Å². The maximum Gasteiger partial charge on any atom is 0.327 e. The zero-order valence-electron chi connectivity index (χ0n) is 16.5. The molecule has 7 nitrogen and oxygen atoms in total. The second-order valence-electron chi connectivity index (χ2n) is 7.41. The van der Waals surface area contributed by atoms with Gasteiger partial charge in [0.05, 0.1) is 12.0 Å². The van der Waals surface area contributed by atoms with E-state index in [2.05, 4.69) is 4.90 Å². The van der Waals surface area contributed by atoms with Crippen LogP contribution in [-0.4, -0.2) is 63.5 Å². The Morgan fingerprint density at radius 1 is 1.11 bits per heavy atom. The molecule has 4 N–H and O–H groups in total. The first-order chi connectivity index (χ1) is 13.1. The Bertz CT molecular complexity index is 647. The van der Waals surface area contributed by atoms with Gasteiger partial charge in [-0.2, -0.15) is 0 Å². The molecule has 1 saturated carbocycles. The number of nitrogens with zero attached hydrogens (tertiary/aromatic N) is 1. The van der Waals surface area contributed by atoms with Gasteiger partial charge < -0.3 is 25.3 Å². The summed E-state index contributed by atoms with van der Waals surface area (Å²) in [5, 5.41) is 36.4. The fourth-order valence-corrected chi connectivity index (χ4v) is 3.43. The minimum atomic E-state index is -1.13. The van der Waals surface area contributed by atoms with E-state index in [1.807, 2.05) is 26.2 Å². The number of phenols is 1. The molecule has 7 heteroatoms. The fraction of sp³-hybridized carbons (Fsp3) is 0.524. The Kier molecular flexibility index (Phi) is 9.68. The van der Waals surface area contributed by atoms with E-state index < -0.39 is 17.5 Å². The highest BCUT2D eigenvalue weighted by molar-refractivity contribution is 5.81. The van der Waals surface area contributed by atoms with E-state index in [1.54, 1.807) is 12.1 Å². The van der Waals surface area contributed by atoms with Crippen LogP contribution in [0.5, 0.6) is 5.75 Å². The molecule has 0 bridgehead atoms. The number of hydrogen-bond donors (Lipinski definition) is 4. The minimum absolute atomic E-state index is 0.114. The monoisotopic (exact) mass is 393 g/mol. The van der Waals surface area contributed by atoms with Crippen molar-refractivity contribution in [2.24, 2.45) is 0 Å². The third-order valence-electron chi connectivity index (χ3n) is 4.76. The number of benzene rings is 1. The van der Waals surface area contributed by atoms with Crippen LogP contribution in [0.2, 0.25) is 0 Å². The number of carboxylic acid groups (broad SMARTS) is 2. The Hall–Kier alpha value is -2.38. The number of aliphatic hydroxyl groups is 1. The molecule has 1 aromatic carbocycles. The van der Waals surface area contributed by atoms with Gasteiger partial charge >= 0.3 is 11.9 Å². The molecule has 28 heavy (non-hydrogen) atoms. The third kappa shape index (κ3) is 8.54. The molecule has 0 amide bonds. The number of phenolic OH excluding ortho intramolecular Hbond substituents is 1. The van der Waals surface area contributed by atoms with Crippen molar-refractivity contribution in [3.63, 3.8) is 0 Å². The van der Waals surface area contributed by atoms with Gasteiger partial charge in [-0.3, -0.25) is 4.79 Å². The number of aliphatic carboxylic acids is 2. The van der Waals surface area contributed by atoms with Crippen molar-refractivity contribution in [2.75, 3.05) is 20.6 Å². The standard InChI is InChI=1S/C16H25NO2.C5H6O4/c1-17(2)12-15(13-6-8-14(18)9-7-13)16(19)10-4-3-5-11-16;6-4(7)2-1-3-5(8)9/h6-9,15,18-19H,3-5,10-12H2,1-2H3;1-2H,3H2,(H,6,7)(H,8,9)/b;2-1+. The molecular formula is C21H31NO6. The third-order valence-corrected chi connectivity index (χ3v) is 4.76. The summed E-state index contributed by atoms with van der Waals surface area (Å²) in [6.45, 7) is 0.835. The summed E-state index contributed by atoms with van der Waals surface area (Å²) in [6, 6.07) is 7.31. The molecule has 0 heterocycles. The number of likely N-dealkylation sites (N-methyl/N-ethyl adjacent to an activating group) is 1. The highest BCUT2D eigenvalue weighted by atomic mass is 16.4. The molecule has 0 aliphatic heterocycles. The molecule has 0 radical (unpaired) electrons. The summed E-state index contributed by atoms with van der Waals surface area (Å²) in [7, 11) is 4.08. The van der Waals surface area contributed by atoms with Crippen LogP contribution in [-0.2, 0) is 9.59 Å². The molecule has 1 aliphatic carbocycles. The molecule has 2 rings (SSSR count). The average molecular weight is 393 g/mol. The van der Waals surface area contributed by atoms with E-state index in [0.29, 0.717) is 0 Å². The maximum absolute atomic E-state index is 11.0. The van der Waals surface area contributed by atoms with Gasteiger partial charge in [0, 0.05) is 18.5 Å². The van der Waals surface area contributed by atoms with Crippen LogP contribution < -0.4 is 0 Å². The largest absolute Gasteiger partial charge is 0.508 e. The highest BCUT2D eigenvalue weighted by Crippen LogP contribution is 2.40. The summed E-state index contributed by atoms with van der Waals surface area (Å²) in [5.74, 6) is -1.77. The summed E-state index contributed by atoms with van der Waals surface area (Å²) >= 11 is 0. The SMILES string of the molecule is CN(C)CC(c1ccc(O)cc1)C1(O)CCCCC1.O=C(O)/C=C/CC(=O)O. The zero-order chi connectivity index (χ0) is 21.2. The molecule has 156 valence electrons. The molecule has 1 aromatic rings. The lowest BCUT2D eigenvalue weighted by Gasteiger charge is -2.40. The number of hydrogen-bond acceptors (Lipinski definition) is 5. The van der Waals surface area contributed by atoms with Gasteiger partial charge in [-0.05, 0) is 44.6 Å². The van der Waals surface area contributed by atoms with Gasteiger partial charge in [-0.1, -0.05) is 37.5 Å². The van der Waals surface area contributed by atoms with Gasteiger partial charge in [0.1, 0.15) is 5.75 Å². The first kappa shape index (κ1) is 23.7. The molecule has 1 atom stereocenters. The first-order valence-electron chi connectivity index (χ1n) is 9.41. The average Bonchev–Trinajstić information content (AvgIpc) is 2.61. The molecule has 0 spiro atoms. The summed E-state index contributed by atoms with van der Waals surface area (Å²) in [6.07, 6.45) is 6.84. The van der Waals surface area contributed by atoms with Crippen LogP contribution in [0, 0.1) is 0 Å². The van der Waals surface area contributed by atoms with E-state index in [9.17, 15) is 19.8 Å². The Labute approximate surface area is 165 Å². The molecule has 1 fully saturated rings. The summed E-state index contributed by atoms with van der Waals surface area (Å²) < 4.78 is 0. The van der Waals surface area contributed by atoms with Gasteiger partial charge in [-0.15, -0.1) is 0 Å². The Balaban J connectivity index is 0.000000370. The fourth-order valence-electron chi connectivity index (χ4n) is 3.43. The lowest BCUT2D eigenvalue weighted by Crippen LogP contribution is -2.42. The number of aromatic hydroxyl groups is 1. The lowest BCUT2D eigenvalue weighted by molar-refractivity contribution is -0.136. The Morgan fingerprint density at radius 2 is 1.68 bits per heavy atom. The van der Waals surface area contributed by atoms with Crippen LogP contribution in [0.3, 0.4) is 0 Å². The maximum atomic E-state index is 11.0. The molecule has 0 aromatic heterocycles. The van der Waals surface area contributed by atoms with Gasteiger partial charge in [0.25, 0.3) is 0 Å².